The van der Waals surface area contributed by atoms with Crippen LogP contribution in [-0.4, -0.2) is 45.0 Å². The Morgan fingerprint density at radius 3 is 2.31 bits per heavy atom. The van der Waals surface area contributed by atoms with Gasteiger partial charge in [0.2, 0.25) is 10.0 Å². The normalized spacial score (nSPS) is 15.3. The van der Waals surface area contributed by atoms with E-state index in [9.17, 15) is 13.2 Å². The predicted molar refractivity (Wildman–Crippen MR) is 113 cm³/mol. The fourth-order valence-corrected chi connectivity index (χ4v) is 4.68. The zero-order valence-electron chi connectivity index (χ0n) is 17.1. The van der Waals surface area contributed by atoms with Crippen LogP contribution in [0.1, 0.15) is 29.5 Å². The highest BCUT2D eigenvalue weighted by Crippen LogP contribution is 2.18. The number of hydrogen-bond donors (Lipinski definition) is 1. The van der Waals surface area contributed by atoms with E-state index in [4.69, 9.17) is 4.74 Å². The van der Waals surface area contributed by atoms with E-state index in [1.807, 2.05) is 51.1 Å². The number of nitrogens with zero attached hydrogens (tertiary/aromatic N) is 1. The Hall–Kier alpha value is -2.38. The van der Waals surface area contributed by atoms with Crippen molar-refractivity contribution in [1.82, 2.24) is 9.62 Å². The van der Waals surface area contributed by atoms with Crippen molar-refractivity contribution in [3.8, 4) is 5.75 Å². The molecule has 3 rings (SSSR count). The zero-order valence-corrected chi connectivity index (χ0v) is 18.0. The third-order valence-corrected chi connectivity index (χ3v) is 6.86. The Balaban J connectivity index is 1.50. The molecule has 1 fully saturated rings. The van der Waals surface area contributed by atoms with Crippen LogP contribution in [-0.2, 0) is 14.8 Å². The number of aryl methyl sites for hydroxylation is 3. The van der Waals surface area contributed by atoms with Crippen LogP contribution in [0.3, 0.4) is 0 Å². The Kier molecular flexibility index (Phi) is 6.59. The molecule has 0 atom stereocenters. The average Bonchev–Trinajstić information content (AvgIpc) is 2.69. The molecule has 0 aliphatic carbocycles. The van der Waals surface area contributed by atoms with E-state index in [-0.39, 0.29) is 23.5 Å². The predicted octanol–water partition coefficient (Wildman–Crippen LogP) is 2.96. The van der Waals surface area contributed by atoms with Gasteiger partial charge in [0.25, 0.3) is 5.91 Å². The molecule has 1 N–H and O–H groups in total. The van der Waals surface area contributed by atoms with Crippen molar-refractivity contribution in [1.29, 1.82) is 0 Å². The Morgan fingerprint density at radius 1 is 1.03 bits per heavy atom. The van der Waals surface area contributed by atoms with Gasteiger partial charge in [-0.05, 0) is 69.0 Å². The molecule has 2 aromatic rings. The number of carbonyl (C=O) groups excluding carboxylic acids is 1. The van der Waals surface area contributed by atoms with Crippen molar-refractivity contribution in [2.24, 2.45) is 0 Å². The largest absolute Gasteiger partial charge is 0.484 e. The number of rotatable bonds is 6. The Labute approximate surface area is 172 Å². The number of hydrogen-bond acceptors (Lipinski definition) is 4. The lowest BCUT2D eigenvalue weighted by Crippen LogP contribution is -2.47. The number of likely N-dealkylation sites (tertiary alicyclic amines) is 1. The standard InChI is InChI=1S/C22H28N2O4S/c1-16-4-7-20(8-5-16)28-15-22(25)24-12-10-19(11-13-24)23-29(26,27)21-9-6-17(2)18(3)14-21/h4-9,14,19,23H,10-13,15H2,1-3H3. The van der Waals surface area contributed by atoms with Gasteiger partial charge >= 0.3 is 0 Å². The molecule has 1 amide bonds. The highest BCUT2D eigenvalue weighted by molar-refractivity contribution is 7.89. The molecule has 0 saturated carbocycles. The molecule has 1 heterocycles. The van der Waals surface area contributed by atoms with E-state index in [2.05, 4.69) is 4.72 Å². The van der Waals surface area contributed by atoms with Gasteiger partial charge in [0.1, 0.15) is 5.75 Å². The molecule has 156 valence electrons. The van der Waals surface area contributed by atoms with Gasteiger partial charge < -0.3 is 9.64 Å². The minimum Gasteiger partial charge on any atom is -0.484 e. The number of nitrogens with one attached hydrogen (secondary N) is 1. The number of ether oxygens (including phenoxy) is 1. The van der Waals surface area contributed by atoms with Gasteiger partial charge in [0, 0.05) is 19.1 Å². The summed E-state index contributed by atoms with van der Waals surface area (Å²) in [5.74, 6) is 0.584. The van der Waals surface area contributed by atoms with Crippen molar-refractivity contribution in [2.45, 2.75) is 44.6 Å². The summed E-state index contributed by atoms with van der Waals surface area (Å²) in [6.45, 7) is 6.85. The Morgan fingerprint density at radius 2 is 1.69 bits per heavy atom. The summed E-state index contributed by atoms with van der Waals surface area (Å²) < 4.78 is 33.6. The second-order valence-corrected chi connectivity index (χ2v) is 9.34. The van der Waals surface area contributed by atoms with Crippen LogP contribution in [0.4, 0.5) is 0 Å². The first-order chi connectivity index (χ1) is 13.7. The van der Waals surface area contributed by atoms with Crippen LogP contribution in [0.5, 0.6) is 5.75 Å². The van der Waals surface area contributed by atoms with Crippen molar-refractivity contribution in [2.75, 3.05) is 19.7 Å². The molecule has 29 heavy (non-hydrogen) atoms. The molecule has 0 aromatic heterocycles. The lowest BCUT2D eigenvalue weighted by Gasteiger charge is -2.32. The van der Waals surface area contributed by atoms with E-state index in [1.54, 1.807) is 17.0 Å². The van der Waals surface area contributed by atoms with Gasteiger partial charge in [0.05, 0.1) is 4.90 Å². The van der Waals surface area contributed by atoms with Gasteiger partial charge in [-0.1, -0.05) is 23.8 Å². The van der Waals surface area contributed by atoms with Crippen molar-refractivity contribution in [3.63, 3.8) is 0 Å². The van der Waals surface area contributed by atoms with E-state index >= 15 is 0 Å². The summed E-state index contributed by atoms with van der Waals surface area (Å²) in [6, 6.07) is 12.5. The molecule has 6 nitrogen and oxygen atoms in total. The van der Waals surface area contributed by atoms with E-state index in [0.717, 1.165) is 16.7 Å². The summed E-state index contributed by atoms with van der Waals surface area (Å²) in [5, 5.41) is 0. The molecule has 2 aromatic carbocycles. The van der Waals surface area contributed by atoms with Gasteiger partial charge in [-0.15, -0.1) is 0 Å². The van der Waals surface area contributed by atoms with E-state index < -0.39 is 10.0 Å². The van der Waals surface area contributed by atoms with Crippen LogP contribution in [0, 0.1) is 20.8 Å². The average molecular weight is 417 g/mol. The summed E-state index contributed by atoms with van der Waals surface area (Å²) in [4.78, 5) is 14.4. The first-order valence-electron chi connectivity index (χ1n) is 9.81. The maximum atomic E-state index is 12.7. The fourth-order valence-electron chi connectivity index (χ4n) is 3.29. The Bertz CT molecular complexity index is 963. The minimum absolute atomic E-state index is 0.0118. The minimum atomic E-state index is -3.56. The molecule has 0 unspecified atom stereocenters. The molecular weight excluding hydrogens is 388 g/mol. The lowest BCUT2D eigenvalue weighted by atomic mass is 10.1. The third kappa shape index (κ3) is 5.58. The van der Waals surface area contributed by atoms with Gasteiger partial charge in [-0.25, -0.2) is 13.1 Å². The number of carbonyl (C=O) groups is 1. The molecule has 7 heteroatoms. The van der Waals surface area contributed by atoms with Crippen LogP contribution in [0.15, 0.2) is 47.4 Å². The van der Waals surface area contributed by atoms with Crippen molar-refractivity contribution < 1.29 is 17.9 Å². The van der Waals surface area contributed by atoms with Gasteiger partial charge in [0.15, 0.2) is 6.61 Å². The van der Waals surface area contributed by atoms with Crippen molar-refractivity contribution in [3.05, 3.63) is 59.2 Å². The number of sulfonamides is 1. The molecule has 1 aliphatic rings. The maximum absolute atomic E-state index is 12.7. The quantitative estimate of drug-likeness (QED) is 0.786. The maximum Gasteiger partial charge on any atom is 0.260 e. The summed E-state index contributed by atoms with van der Waals surface area (Å²) >= 11 is 0. The fraction of sp³-hybridized carbons (Fsp3) is 0.409. The summed E-state index contributed by atoms with van der Waals surface area (Å²) in [6.07, 6.45) is 1.17. The highest BCUT2D eigenvalue weighted by atomic mass is 32.2. The second-order valence-electron chi connectivity index (χ2n) is 7.62. The SMILES string of the molecule is Cc1ccc(OCC(=O)N2CCC(NS(=O)(=O)c3ccc(C)c(C)c3)CC2)cc1. The van der Waals surface area contributed by atoms with Crippen LogP contribution in [0.25, 0.3) is 0 Å². The van der Waals surface area contributed by atoms with Crippen LogP contribution in [0.2, 0.25) is 0 Å². The van der Waals surface area contributed by atoms with E-state index in [0.29, 0.717) is 31.7 Å². The number of amides is 1. The molecule has 0 radical (unpaired) electrons. The highest BCUT2D eigenvalue weighted by Gasteiger charge is 2.27. The summed E-state index contributed by atoms with van der Waals surface area (Å²) in [5.41, 5.74) is 3.14. The molecule has 1 saturated heterocycles. The zero-order chi connectivity index (χ0) is 21.0. The van der Waals surface area contributed by atoms with Crippen LogP contribution < -0.4 is 9.46 Å². The molecule has 1 aliphatic heterocycles. The van der Waals surface area contributed by atoms with Gasteiger partial charge in [-0.2, -0.15) is 0 Å². The third-order valence-electron chi connectivity index (χ3n) is 5.34. The topological polar surface area (TPSA) is 75.7 Å². The number of benzene rings is 2. The smallest absolute Gasteiger partial charge is 0.260 e. The first-order valence-corrected chi connectivity index (χ1v) is 11.3. The molecule has 0 spiro atoms. The van der Waals surface area contributed by atoms with Crippen molar-refractivity contribution >= 4 is 15.9 Å². The van der Waals surface area contributed by atoms with Gasteiger partial charge in [-0.3, -0.25) is 4.79 Å². The number of piperidine rings is 1. The first kappa shape index (κ1) is 21.3. The van der Waals surface area contributed by atoms with E-state index in [1.165, 1.54) is 0 Å². The molecule has 0 bridgehead atoms. The molecular formula is C22H28N2O4S. The second kappa shape index (κ2) is 8.97. The lowest BCUT2D eigenvalue weighted by molar-refractivity contribution is -0.134. The summed E-state index contributed by atoms with van der Waals surface area (Å²) in [7, 11) is -3.56. The monoisotopic (exact) mass is 416 g/mol. The van der Waals surface area contributed by atoms with Crippen LogP contribution >= 0.6 is 0 Å².